The Morgan fingerprint density at radius 1 is 1.13 bits per heavy atom. The third kappa shape index (κ3) is 1.92. The third-order valence-electron chi connectivity index (χ3n) is 3.79. The highest BCUT2D eigenvalue weighted by atomic mass is 32.2. The van der Waals surface area contributed by atoms with Gasteiger partial charge in [0.2, 0.25) is 10.0 Å². The monoisotopic (exact) mass is 232 g/mol. The maximum atomic E-state index is 12.0. The van der Waals surface area contributed by atoms with Gasteiger partial charge < -0.3 is 5.73 Å². The molecule has 0 bridgehead atoms. The molecule has 1 heterocycles. The van der Waals surface area contributed by atoms with Gasteiger partial charge in [-0.1, -0.05) is 12.8 Å². The molecule has 0 aromatic carbocycles. The van der Waals surface area contributed by atoms with Gasteiger partial charge in [0, 0.05) is 18.6 Å². The van der Waals surface area contributed by atoms with Crippen molar-refractivity contribution in [3.63, 3.8) is 0 Å². The Bertz CT molecular complexity index is 320. The molecule has 4 nitrogen and oxygen atoms in total. The molecule has 2 rings (SSSR count). The Morgan fingerprint density at radius 3 is 2.33 bits per heavy atom. The standard InChI is InChI=1S/C10H20N2O2S/c11-9-10(5-1-2-6-10)12-7-3-4-8-15(12,13)14/h1-9,11H2. The fourth-order valence-electron chi connectivity index (χ4n) is 2.91. The first-order valence-corrected chi connectivity index (χ1v) is 7.42. The lowest BCUT2D eigenvalue weighted by Gasteiger charge is -2.41. The van der Waals surface area contributed by atoms with Crippen LogP contribution in [0.3, 0.4) is 0 Å². The van der Waals surface area contributed by atoms with Crippen LogP contribution in [-0.4, -0.2) is 37.1 Å². The molecule has 0 unspecified atom stereocenters. The van der Waals surface area contributed by atoms with Crippen LogP contribution in [0.5, 0.6) is 0 Å². The van der Waals surface area contributed by atoms with Crippen LogP contribution in [0.2, 0.25) is 0 Å². The van der Waals surface area contributed by atoms with E-state index in [1.54, 1.807) is 4.31 Å². The van der Waals surface area contributed by atoms with Crippen molar-refractivity contribution >= 4 is 10.0 Å². The van der Waals surface area contributed by atoms with Gasteiger partial charge in [-0.25, -0.2) is 8.42 Å². The van der Waals surface area contributed by atoms with Crippen molar-refractivity contribution in [3.05, 3.63) is 0 Å². The lowest BCUT2D eigenvalue weighted by molar-refractivity contribution is 0.188. The summed E-state index contributed by atoms with van der Waals surface area (Å²) in [5.41, 5.74) is 5.58. The predicted molar refractivity (Wildman–Crippen MR) is 60.0 cm³/mol. The summed E-state index contributed by atoms with van der Waals surface area (Å²) in [4.78, 5) is 0. The average Bonchev–Trinajstić information content (AvgIpc) is 2.66. The predicted octanol–water partition coefficient (Wildman–Crippen LogP) is 0.683. The molecule has 2 aliphatic rings. The first-order valence-electron chi connectivity index (χ1n) is 5.81. The van der Waals surface area contributed by atoms with E-state index in [1.165, 1.54) is 0 Å². The van der Waals surface area contributed by atoms with Gasteiger partial charge >= 0.3 is 0 Å². The van der Waals surface area contributed by atoms with Crippen LogP contribution >= 0.6 is 0 Å². The number of rotatable bonds is 2. The largest absolute Gasteiger partial charge is 0.329 e. The van der Waals surface area contributed by atoms with Gasteiger partial charge in [-0.15, -0.1) is 0 Å². The van der Waals surface area contributed by atoms with E-state index < -0.39 is 10.0 Å². The first kappa shape index (κ1) is 11.4. The first-order chi connectivity index (χ1) is 7.11. The van der Waals surface area contributed by atoms with Gasteiger partial charge in [0.1, 0.15) is 0 Å². The van der Waals surface area contributed by atoms with Crippen molar-refractivity contribution in [1.82, 2.24) is 4.31 Å². The number of hydrogen-bond donors (Lipinski definition) is 1. The summed E-state index contributed by atoms with van der Waals surface area (Å²) in [6.45, 7) is 1.16. The summed E-state index contributed by atoms with van der Waals surface area (Å²) in [5, 5.41) is 0. The molecule has 1 saturated heterocycles. The lowest BCUT2D eigenvalue weighted by atomic mass is 9.97. The summed E-state index contributed by atoms with van der Waals surface area (Å²) in [6.07, 6.45) is 5.92. The van der Waals surface area contributed by atoms with Crippen molar-refractivity contribution in [3.8, 4) is 0 Å². The molecular weight excluding hydrogens is 212 g/mol. The van der Waals surface area contributed by atoms with Crippen molar-refractivity contribution in [2.24, 2.45) is 5.73 Å². The van der Waals surface area contributed by atoms with Crippen LogP contribution in [0.1, 0.15) is 38.5 Å². The average molecular weight is 232 g/mol. The smallest absolute Gasteiger partial charge is 0.214 e. The second-order valence-corrected chi connectivity index (χ2v) is 6.74. The zero-order valence-corrected chi connectivity index (χ0v) is 9.93. The van der Waals surface area contributed by atoms with Gasteiger partial charge in [-0.2, -0.15) is 4.31 Å². The maximum Gasteiger partial charge on any atom is 0.214 e. The lowest BCUT2D eigenvalue weighted by Crippen LogP contribution is -2.56. The topological polar surface area (TPSA) is 63.4 Å². The molecular formula is C10H20N2O2S. The summed E-state index contributed by atoms with van der Waals surface area (Å²) in [5.74, 6) is 0.314. The van der Waals surface area contributed by atoms with Crippen LogP contribution in [-0.2, 0) is 10.0 Å². The van der Waals surface area contributed by atoms with Crippen molar-refractivity contribution in [1.29, 1.82) is 0 Å². The van der Waals surface area contributed by atoms with E-state index in [0.717, 1.165) is 38.5 Å². The fourth-order valence-corrected chi connectivity index (χ4v) is 4.95. The molecule has 2 fully saturated rings. The number of sulfonamides is 1. The molecule has 5 heteroatoms. The molecule has 15 heavy (non-hydrogen) atoms. The molecule has 1 aliphatic carbocycles. The van der Waals surface area contributed by atoms with Crippen molar-refractivity contribution in [2.45, 2.75) is 44.1 Å². The van der Waals surface area contributed by atoms with E-state index in [4.69, 9.17) is 5.73 Å². The Hall–Kier alpha value is -0.130. The van der Waals surface area contributed by atoms with Gasteiger partial charge in [0.25, 0.3) is 0 Å². The number of nitrogens with two attached hydrogens (primary N) is 1. The highest BCUT2D eigenvalue weighted by Gasteiger charge is 2.45. The highest BCUT2D eigenvalue weighted by Crippen LogP contribution is 2.37. The van der Waals surface area contributed by atoms with E-state index >= 15 is 0 Å². The van der Waals surface area contributed by atoms with Crippen LogP contribution in [0, 0.1) is 0 Å². The third-order valence-corrected chi connectivity index (χ3v) is 5.84. The van der Waals surface area contributed by atoms with E-state index in [1.807, 2.05) is 0 Å². The quantitative estimate of drug-likeness (QED) is 0.761. The molecule has 1 aliphatic heterocycles. The van der Waals surface area contributed by atoms with Crippen LogP contribution in [0.25, 0.3) is 0 Å². The van der Waals surface area contributed by atoms with E-state index in [2.05, 4.69) is 0 Å². The Morgan fingerprint density at radius 2 is 1.80 bits per heavy atom. The van der Waals surface area contributed by atoms with Crippen molar-refractivity contribution in [2.75, 3.05) is 18.8 Å². The Labute approximate surface area is 91.9 Å². The van der Waals surface area contributed by atoms with Gasteiger partial charge in [-0.3, -0.25) is 0 Å². The molecule has 0 aromatic heterocycles. The van der Waals surface area contributed by atoms with Crippen LogP contribution in [0.4, 0.5) is 0 Å². The molecule has 0 spiro atoms. The van der Waals surface area contributed by atoms with E-state index in [-0.39, 0.29) is 5.54 Å². The van der Waals surface area contributed by atoms with Gasteiger partial charge in [0.05, 0.1) is 5.75 Å². The Balaban J connectivity index is 2.26. The van der Waals surface area contributed by atoms with Gasteiger partial charge in [-0.05, 0) is 25.7 Å². The van der Waals surface area contributed by atoms with E-state index in [9.17, 15) is 8.42 Å². The summed E-state index contributed by atoms with van der Waals surface area (Å²) in [7, 11) is -3.02. The van der Waals surface area contributed by atoms with Crippen LogP contribution in [0.15, 0.2) is 0 Å². The second kappa shape index (κ2) is 4.03. The zero-order chi connectivity index (χ0) is 10.9. The Kier molecular flexibility index (Phi) is 3.05. The molecule has 0 radical (unpaired) electrons. The normalized spacial score (nSPS) is 30.5. The molecule has 0 atom stereocenters. The summed E-state index contributed by atoms with van der Waals surface area (Å²) < 4.78 is 25.7. The number of nitrogens with zero attached hydrogens (tertiary/aromatic N) is 1. The SMILES string of the molecule is NCC1(N2CCCCS2(=O)=O)CCCC1. The zero-order valence-electron chi connectivity index (χ0n) is 9.11. The molecule has 1 saturated carbocycles. The van der Waals surface area contributed by atoms with Gasteiger partial charge in [0.15, 0.2) is 0 Å². The minimum atomic E-state index is -3.02. The van der Waals surface area contributed by atoms with Crippen molar-refractivity contribution < 1.29 is 8.42 Å². The molecule has 0 aromatic rings. The minimum absolute atomic E-state index is 0.237. The second-order valence-electron chi connectivity index (χ2n) is 4.73. The fraction of sp³-hybridized carbons (Fsp3) is 1.00. The van der Waals surface area contributed by atoms with Crippen LogP contribution < -0.4 is 5.73 Å². The minimum Gasteiger partial charge on any atom is -0.329 e. The maximum absolute atomic E-state index is 12.0. The summed E-state index contributed by atoms with van der Waals surface area (Å²) in [6, 6.07) is 0. The highest BCUT2D eigenvalue weighted by molar-refractivity contribution is 7.89. The molecule has 88 valence electrons. The van der Waals surface area contributed by atoms with E-state index in [0.29, 0.717) is 18.8 Å². The summed E-state index contributed by atoms with van der Waals surface area (Å²) >= 11 is 0. The number of hydrogen-bond acceptors (Lipinski definition) is 3. The molecule has 2 N–H and O–H groups in total. The molecule has 0 amide bonds.